The fourth-order valence-electron chi connectivity index (χ4n) is 3.00. The van der Waals surface area contributed by atoms with Crippen LogP contribution in [0.4, 0.5) is 5.82 Å². The predicted molar refractivity (Wildman–Crippen MR) is 89.5 cm³/mol. The molecule has 0 spiro atoms. The van der Waals surface area contributed by atoms with Gasteiger partial charge in [-0.1, -0.05) is 19.1 Å². The van der Waals surface area contributed by atoms with E-state index in [0.717, 1.165) is 41.2 Å². The van der Waals surface area contributed by atoms with E-state index < -0.39 is 0 Å². The van der Waals surface area contributed by atoms with E-state index in [0.29, 0.717) is 0 Å². The predicted octanol–water partition coefficient (Wildman–Crippen LogP) is 3.39. The first-order chi connectivity index (χ1) is 10.7. The number of fused-ring (bicyclic) bond motifs is 1. The normalized spacial score (nSPS) is 11.0. The maximum absolute atomic E-state index is 6.23. The molecule has 0 atom stereocenters. The molecule has 0 unspecified atom stereocenters. The van der Waals surface area contributed by atoms with Crippen LogP contribution in [0.1, 0.15) is 29.3 Å². The molecule has 0 aliphatic heterocycles. The lowest BCUT2D eigenvalue weighted by atomic mass is 10.0. The van der Waals surface area contributed by atoms with Crippen LogP contribution in [-0.4, -0.2) is 16.5 Å². The fraction of sp³-hybridized carbons (Fsp3) is 0.278. The largest absolute Gasteiger partial charge is 0.497 e. The first-order valence-electron chi connectivity index (χ1n) is 7.51. The first-order valence-corrected chi connectivity index (χ1v) is 7.51. The molecule has 114 valence electrons. The molecule has 0 aliphatic carbocycles. The molecule has 22 heavy (non-hydrogen) atoms. The van der Waals surface area contributed by atoms with E-state index in [1.807, 2.05) is 24.5 Å². The molecular formula is C18H21N3O. The molecule has 3 rings (SSSR count). The molecule has 1 aromatic carbocycles. The molecular weight excluding hydrogens is 274 g/mol. The smallest absolute Gasteiger partial charge is 0.118 e. The van der Waals surface area contributed by atoms with Crippen LogP contribution in [0.25, 0.3) is 5.52 Å². The standard InChI is InChI=1S/C18H21N3O/c1-4-15-12(2)18(19)21-10-9-20-16(17(15)21)11-13-5-7-14(22-3)8-6-13/h5-10H,4,11,19H2,1-3H3. The van der Waals surface area contributed by atoms with Crippen molar-refractivity contribution < 1.29 is 4.74 Å². The number of nitrogen functional groups attached to an aromatic ring is 1. The molecule has 4 heteroatoms. The van der Waals surface area contributed by atoms with Crippen molar-refractivity contribution in [3.8, 4) is 5.75 Å². The maximum atomic E-state index is 6.23. The van der Waals surface area contributed by atoms with Crippen LogP contribution in [0.2, 0.25) is 0 Å². The molecule has 0 saturated heterocycles. The van der Waals surface area contributed by atoms with Crippen molar-refractivity contribution in [3.05, 3.63) is 59.0 Å². The van der Waals surface area contributed by atoms with Gasteiger partial charge >= 0.3 is 0 Å². The van der Waals surface area contributed by atoms with E-state index >= 15 is 0 Å². The van der Waals surface area contributed by atoms with Crippen LogP contribution in [0.15, 0.2) is 36.7 Å². The lowest BCUT2D eigenvalue weighted by molar-refractivity contribution is 0.414. The lowest BCUT2D eigenvalue weighted by Gasteiger charge is -2.07. The van der Waals surface area contributed by atoms with Crippen LogP contribution in [-0.2, 0) is 12.8 Å². The Balaban J connectivity index is 2.08. The Morgan fingerprint density at radius 2 is 1.95 bits per heavy atom. The number of methoxy groups -OCH3 is 1. The van der Waals surface area contributed by atoms with Crippen LogP contribution in [0, 0.1) is 6.92 Å². The Bertz CT molecular complexity index is 803. The topological polar surface area (TPSA) is 52.5 Å². The van der Waals surface area contributed by atoms with Gasteiger partial charge in [-0.3, -0.25) is 9.38 Å². The molecule has 0 aliphatic rings. The summed E-state index contributed by atoms with van der Waals surface area (Å²) < 4.78 is 7.26. The van der Waals surface area contributed by atoms with Gasteiger partial charge in [0.25, 0.3) is 0 Å². The van der Waals surface area contributed by atoms with Crippen molar-refractivity contribution in [2.24, 2.45) is 0 Å². The van der Waals surface area contributed by atoms with E-state index in [4.69, 9.17) is 10.5 Å². The van der Waals surface area contributed by atoms with Crippen molar-refractivity contribution >= 4 is 11.3 Å². The summed E-state index contributed by atoms with van der Waals surface area (Å²) >= 11 is 0. The summed E-state index contributed by atoms with van der Waals surface area (Å²) in [6, 6.07) is 8.12. The zero-order chi connectivity index (χ0) is 15.7. The Labute approximate surface area is 130 Å². The number of hydrogen-bond donors (Lipinski definition) is 1. The van der Waals surface area contributed by atoms with Gasteiger partial charge in [0, 0.05) is 18.8 Å². The van der Waals surface area contributed by atoms with Gasteiger partial charge in [-0.2, -0.15) is 0 Å². The average molecular weight is 295 g/mol. The van der Waals surface area contributed by atoms with E-state index in [-0.39, 0.29) is 0 Å². The van der Waals surface area contributed by atoms with Crippen LogP contribution in [0.5, 0.6) is 5.75 Å². The van der Waals surface area contributed by atoms with Crippen LogP contribution < -0.4 is 10.5 Å². The third-order valence-electron chi connectivity index (χ3n) is 4.23. The molecule has 4 nitrogen and oxygen atoms in total. The minimum atomic E-state index is 0.782. The SMILES string of the molecule is CCc1c(C)c(N)n2ccnc(Cc3ccc(OC)cc3)c12. The quantitative estimate of drug-likeness (QED) is 0.802. The van der Waals surface area contributed by atoms with E-state index in [9.17, 15) is 0 Å². The second-order valence-corrected chi connectivity index (χ2v) is 5.46. The summed E-state index contributed by atoms with van der Waals surface area (Å²) in [4.78, 5) is 4.60. The van der Waals surface area contributed by atoms with Crippen molar-refractivity contribution in [2.45, 2.75) is 26.7 Å². The van der Waals surface area contributed by atoms with E-state index in [1.54, 1.807) is 7.11 Å². The number of hydrogen-bond acceptors (Lipinski definition) is 3. The van der Waals surface area contributed by atoms with Crippen molar-refractivity contribution in [3.63, 3.8) is 0 Å². The summed E-state index contributed by atoms with van der Waals surface area (Å²) in [5.41, 5.74) is 12.1. The number of benzene rings is 1. The summed E-state index contributed by atoms with van der Waals surface area (Å²) in [5, 5.41) is 0. The molecule has 0 saturated carbocycles. The molecule has 2 aromatic heterocycles. The van der Waals surface area contributed by atoms with Crippen molar-refractivity contribution in [2.75, 3.05) is 12.8 Å². The molecule has 0 radical (unpaired) electrons. The van der Waals surface area contributed by atoms with Gasteiger partial charge in [0.1, 0.15) is 11.6 Å². The second-order valence-electron chi connectivity index (χ2n) is 5.46. The summed E-state index contributed by atoms with van der Waals surface area (Å²) in [6.45, 7) is 4.24. The van der Waals surface area contributed by atoms with Gasteiger partial charge in [0.05, 0.1) is 18.3 Å². The molecule has 0 fully saturated rings. The minimum Gasteiger partial charge on any atom is -0.497 e. The molecule has 0 bridgehead atoms. The maximum Gasteiger partial charge on any atom is 0.118 e. The zero-order valence-electron chi connectivity index (χ0n) is 13.3. The highest BCUT2D eigenvalue weighted by Gasteiger charge is 2.15. The average Bonchev–Trinajstić information content (AvgIpc) is 2.80. The lowest BCUT2D eigenvalue weighted by Crippen LogP contribution is -2.00. The summed E-state index contributed by atoms with van der Waals surface area (Å²) in [7, 11) is 1.68. The van der Waals surface area contributed by atoms with Gasteiger partial charge in [0.2, 0.25) is 0 Å². The monoisotopic (exact) mass is 295 g/mol. The Morgan fingerprint density at radius 3 is 2.59 bits per heavy atom. The number of nitrogens with zero attached hydrogens (tertiary/aromatic N) is 2. The minimum absolute atomic E-state index is 0.782. The Morgan fingerprint density at radius 1 is 1.23 bits per heavy atom. The van der Waals surface area contributed by atoms with Crippen LogP contribution >= 0.6 is 0 Å². The third kappa shape index (κ3) is 2.30. The van der Waals surface area contributed by atoms with Gasteiger partial charge in [-0.15, -0.1) is 0 Å². The Hall–Kier alpha value is -2.49. The van der Waals surface area contributed by atoms with Gasteiger partial charge in [-0.05, 0) is 42.2 Å². The van der Waals surface area contributed by atoms with Gasteiger partial charge < -0.3 is 10.5 Å². The summed E-state index contributed by atoms with van der Waals surface area (Å²) in [6.07, 6.45) is 5.49. The molecule has 0 amide bonds. The number of anilines is 1. The highest BCUT2D eigenvalue weighted by Crippen LogP contribution is 2.28. The summed E-state index contributed by atoms with van der Waals surface area (Å²) in [5.74, 6) is 1.68. The van der Waals surface area contributed by atoms with Crippen molar-refractivity contribution in [1.82, 2.24) is 9.38 Å². The zero-order valence-corrected chi connectivity index (χ0v) is 13.3. The van der Waals surface area contributed by atoms with Gasteiger partial charge in [-0.25, -0.2) is 0 Å². The van der Waals surface area contributed by atoms with E-state index in [1.165, 1.54) is 11.1 Å². The number of aryl methyl sites for hydroxylation is 1. The van der Waals surface area contributed by atoms with Crippen molar-refractivity contribution in [1.29, 1.82) is 0 Å². The Kier molecular flexibility index (Phi) is 3.75. The fourth-order valence-corrected chi connectivity index (χ4v) is 3.00. The van der Waals surface area contributed by atoms with E-state index in [2.05, 4.69) is 35.4 Å². The van der Waals surface area contributed by atoms with Crippen LogP contribution in [0.3, 0.4) is 0 Å². The third-order valence-corrected chi connectivity index (χ3v) is 4.23. The molecule has 3 aromatic rings. The molecule has 2 N–H and O–H groups in total. The number of aromatic nitrogens is 2. The number of nitrogens with two attached hydrogens (primary N) is 1. The van der Waals surface area contributed by atoms with Gasteiger partial charge in [0.15, 0.2) is 0 Å². The molecule has 2 heterocycles. The number of rotatable bonds is 4. The highest BCUT2D eigenvalue weighted by molar-refractivity contribution is 5.70. The highest BCUT2D eigenvalue weighted by atomic mass is 16.5. The number of ether oxygens (including phenoxy) is 1. The first kappa shape index (κ1) is 14.4. The second kappa shape index (κ2) is 5.72.